The summed E-state index contributed by atoms with van der Waals surface area (Å²) in [6.45, 7) is -0.551. The van der Waals surface area contributed by atoms with Gasteiger partial charge in [-0.25, -0.2) is 13.2 Å². The molecule has 1 saturated heterocycles. The highest BCUT2D eigenvalue weighted by molar-refractivity contribution is 7.18. The number of rotatable bonds is 10. The Hall–Kier alpha value is -2.67. The van der Waals surface area contributed by atoms with Gasteiger partial charge in [-0.3, -0.25) is 19.3 Å². The molecule has 2 aliphatic rings. The third-order valence-corrected chi connectivity index (χ3v) is 7.57. The number of nitrogens with zero attached hydrogens (tertiary/aromatic N) is 2. The highest BCUT2D eigenvalue weighted by atomic mass is 35.5. The maximum absolute atomic E-state index is 14.9. The molecule has 0 bridgehead atoms. The summed E-state index contributed by atoms with van der Waals surface area (Å²) in [5, 5.41) is 5.22. The van der Waals surface area contributed by atoms with Crippen molar-refractivity contribution in [1.82, 2.24) is 10.2 Å². The van der Waals surface area contributed by atoms with Crippen molar-refractivity contribution in [1.29, 1.82) is 0 Å². The molecule has 1 saturated carbocycles. The van der Waals surface area contributed by atoms with Crippen LogP contribution in [-0.2, 0) is 14.3 Å². The lowest BCUT2D eigenvalue weighted by atomic mass is 9.90. The van der Waals surface area contributed by atoms with Crippen LogP contribution in [0.4, 0.5) is 24.5 Å². The molecular formula is C24H26ClF3N4O4S. The average molecular weight is 559 g/mol. The second-order valence-corrected chi connectivity index (χ2v) is 10.5. The van der Waals surface area contributed by atoms with Crippen molar-refractivity contribution in [2.45, 2.75) is 37.8 Å². The summed E-state index contributed by atoms with van der Waals surface area (Å²) in [6.07, 6.45) is -0.527. The fourth-order valence-corrected chi connectivity index (χ4v) is 5.24. The van der Waals surface area contributed by atoms with Crippen LogP contribution in [0.5, 0.6) is 0 Å². The first-order valence-electron chi connectivity index (χ1n) is 11.8. The quantitative estimate of drug-likeness (QED) is 0.463. The maximum Gasteiger partial charge on any atom is 0.261 e. The van der Waals surface area contributed by atoms with Gasteiger partial charge in [-0.05, 0) is 43.2 Å². The summed E-state index contributed by atoms with van der Waals surface area (Å²) in [4.78, 5) is 40.9. The molecule has 3 amide bonds. The summed E-state index contributed by atoms with van der Waals surface area (Å²) in [6, 6.07) is 5.61. The van der Waals surface area contributed by atoms with Gasteiger partial charge in [0, 0.05) is 24.8 Å². The molecule has 2 fully saturated rings. The molecule has 1 aromatic carbocycles. The Morgan fingerprint density at radius 1 is 1.24 bits per heavy atom. The minimum Gasteiger partial charge on any atom is -0.370 e. The van der Waals surface area contributed by atoms with E-state index in [0.717, 1.165) is 23.8 Å². The summed E-state index contributed by atoms with van der Waals surface area (Å²) in [5.41, 5.74) is 0.150. The number of halogens is 4. The Bertz CT molecular complexity index is 1150. The van der Waals surface area contributed by atoms with Gasteiger partial charge in [0.25, 0.3) is 18.2 Å². The van der Waals surface area contributed by atoms with Crippen molar-refractivity contribution >= 4 is 52.0 Å². The van der Waals surface area contributed by atoms with Gasteiger partial charge in [0.05, 0.1) is 28.1 Å². The smallest absolute Gasteiger partial charge is 0.261 e. The lowest BCUT2D eigenvalue weighted by Crippen LogP contribution is -2.57. The van der Waals surface area contributed by atoms with Crippen molar-refractivity contribution in [3.8, 4) is 0 Å². The molecule has 2 heterocycles. The number of alkyl halides is 2. The van der Waals surface area contributed by atoms with Crippen molar-refractivity contribution in [2.75, 3.05) is 43.1 Å². The van der Waals surface area contributed by atoms with E-state index in [9.17, 15) is 27.6 Å². The molecule has 13 heteroatoms. The fourth-order valence-electron chi connectivity index (χ4n) is 4.28. The highest BCUT2D eigenvalue weighted by Gasteiger charge is 2.36. The molecule has 2 aromatic rings. The lowest BCUT2D eigenvalue weighted by Gasteiger charge is -2.41. The first-order valence-corrected chi connectivity index (χ1v) is 13.0. The first-order chi connectivity index (χ1) is 17.7. The predicted octanol–water partition coefficient (Wildman–Crippen LogP) is 3.76. The fraction of sp³-hybridized carbons (Fsp3) is 0.458. The molecule has 1 aliphatic carbocycles. The van der Waals surface area contributed by atoms with Crippen LogP contribution in [0.2, 0.25) is 4.34 Å². The Kier molecular flexibility index (Phi) is 9.06. The van der Waals surface area contributed by atoms with Crippen molar-refractivity contribution in [2.24, 2.45) is 0 Å². The van der Waals surface area contributed by atoms with E-state index in [1.54, 1.807) is 6.07 Å². The molecule has 1 aliphatic heterocycles. The zero-order valence-corrected chi connectivity index (χ0v) is 21.3. The maximum atomic E-state index is 14.9. The second kappa shape index (κ2) is 12.2. The van der Waals surface area contributed by atoms with Gasteiger partial charge < -0.3 is 20.3 Å². The zero-order valence-electron chi connectivity index (χ0n) is 19.7. The largest absolute Gasteiger partial charge is 0.370 e. The third-order valence-electron chi connectivity index (χ3n) is 6.34. The molecule has 37 heavy (non-hydrogen) atoms. The molecule has 8 nitrogen and oxygen atoms in total. The molecule has 200 valence electrons. The molecule has 1 aromatic heterocycles. The molecule has 1 atom stereocenters. The summed E-state index contributed by atoms with van der Waals surface area (Å²) in [7, 11) is 0. The topological polar surface area (TPSA) is 91.0 Å². The first kappa shape index (κ1) is 27.4. The Morgan fingerprint density at radius 2 is 2.03 bits per heavy atom. The molecule has 0 unspecified atom stereocenters. The Morgan fingerprint density at radius 3 is 2.62 bits per heavy atom. The van der Waals surface area contributed by atoms with Crippen molar-refractivity contribution in [3.63, 3.8) is 0 Å². The molecule has 0 spiro atoms. The number of ether oxygens (including phenoxy) is 1. The van der Waals surface area contributed by atoms with Crippen LogP contribution in [0.1, 0.15) is 28.9 Å². The summed E-state index contributed by atoms with van der Waals surface area (Å²) >= 11 is 6.95. The van der Waals surface area contributed by atoms with E-state index in [1.165, 1.54) is 28.0 Å². The predicted molar refractivity (Wildman–Crippen MR) is 134 cm³/mol. The van der Waals surface area contributed by atoms with Crippen molar-refractivity contribution < 1.29 is 32.3 Å². The minimum atomic E-state index is -2.69. The highest BCUT2D eigenvalue weighted by Crippen LogP contribution is 2.29. The molecule has 2 N–H and O–H groups in total. The number of anilines is 2. The number of nitrogens with one attached hydrogen (secondary N) is 2. The van der Waals surface area contributed by atoms with Gasteiger partial charge in [-0.15, -0.1) is 11.3 Å². The number of morpholine rings is 1. The summed E-state index contributed by atoms with van der Waals surface area (Å²) in [5.74, 6) is -2.25. The lowest BCUT2D eigenvalue weighted by molar-refractivity contribution is -0.126. The number of carbonyl (C=O) groups excluding carboxylic acids is 3. The van der Waals surface area contributed by atoms with Crippen LogP contribution in [0, 0.1) is 5.82 Å². The number of hydrogen-bond acceptors (Lipinski definition) is 6. The van der Waals surface area contributed by atoms with Gasteiger partial charge in [-0.2, -0.15) is 0 Å². The van der Waals surface area contributed by atoms with E-state index < -0.39 is 36.6 Å². The van der Waals surface area contributed by atoms with Crippen LogP contribution in [0.25, 0.3) is 0 Å². The number of thiophene rings is 1. The number of benzene rings is 1. The second-order valence-electron chi connectivity index (χ2n) is 8.76. The minimum absolute atomic E-state index is 0.0542. The monoisotopic (exact) mass is 558 g/mol. The van der Waals surface area contributed by atoms with Crippen LogP contribution in [-0.4, -0.2) is 74.0 Å². The SMILES string of the molecule is O=C(NC[C@H](C(=O)Nc1ccc(N2CCOCC2=O)c(F)c1)N(CC(F)F)C1CCC1)c1ccc(Cl)s1. The van der Waals surface area contributed by atoms with E-state index >= 15 is 0 Å². The van der Waals surface area contributed by atoms with Gasteiger partial charge >= 0.3 is 0 Å². The normalized spacial score (nSPS) is 17.1. The molecule has 0 radical (unpaired) electrons. The molecule has 4 rings (SSSR count). The summed E-state index contributed by atoms with van der Waals surface area (Å²) < 4.78 is 47.3. The standard InChI is InChI=1S/C24H26ClF3N4O4S/c25-20-7-6-19(37-20)24(35)29-11-18(32(12-21(27)28)15-2-1-3-15)23(34)30-14-4-5-17(16(26)10-14)31-8-9-36-13-22(31)33/h4-7,10,15,18,21H,1-3,8-9,11-13H2,(H,29,35)(H,30,34)/t18-/m1/s1. The van der Waals surface area contributed by atoms with Gasteiger partial charge in [0.1, 0.15) is 18.5 Å². The Balaban J connectivity index is 1.51. The van der Waals surface area contributed by atoms with Crippen molar-refractivity contribution in [3.05, 3.63) is 45.4 Å². The van der Waals surface area contributed by atoms with Gasteiger partial charge in [0.15, 0.2) is 0 Å². The van der Waals surface area contributed by atoms with Gasteiger partial charge in [-0.1, -0.05) is 18.0 Å². The van der Waals surface area contributed by atoms with E-state index in [2.05, 4.69) is 10.6 Å². The Labute approximate surface area is 220 Å². The van der Waals surface area contributed by atoms with E-state index in [4.69, 9.17) is 16.3 Å². The van der Waals surface area contributed by atoms with Crippen LogP contribution in [0.15, 0.2) is 30.3 Å². The average Bonchev–Trinajstić information content (AvgIpc) is 3.25. The number of carbonyl (C=O) groups is 3. The van der Waals surface area contributed by atoms with Crippen LogP contribution in [0.3, 0.4) is 0 Å². The zero-order chi connectivity index (χ0) is 26.5. The van der Waals surface area contributed by atoms with E-state index in [1.807, 2.05) is 0 Å². The van der Waals surface area contributed by atoms with Crippen LogP contribution < -0.4 is 15.5 Å². The van der Waals surface area contributed by atoms with E-state index in [-0.39, 0.29) is 49.6 Å². The van der Waals surface area contributed by atoms with E-state index in [0.29, 0.717) is 22.1 Å². The molecular weight excluding hydrogens is 533 g/mol. The van der Waals surface area contributed by atoms with Gasteiger partial charge in [0.2, 0.25) is 5.91 Å². The van der Waals surface area contributed by atoms with Crippen LogP contribution >= 0.6 is 22.9 Å². The third kappa shape index (κ3) is 6.81. The number of hydrogen-bond donors (Lipinski definition) is 2. The number of amides is 3.